The van der Waals surface area contributed by atoms with Crippen LogP contribution in [0.2, 0.25) is 0 Å². The first kappa shape index (κ1) is 15.0. The van der Waals surface area contributed by atoms with E-state index in [0.717, 1.165) is 19.4 Å². The summed E-state index contributed by atoms with van der Waals surface area (Å²) < 4.78 is 0. The number of nitrogens with two attached hydrogens (primary N) is 1. The zero-order valence-electron chi connectivity index (χ0n) is 11.6. The maximum atomic E-state index is 12.0. The zero-order chi connectivity index (χ0) is 13.7. The molecule has 0 aromatic rings. The maximum Gasteiger partial charge on any atom is 0.226 e. The highest BCUT2D eigenvalue weighted by molar-refractivity contribution is 5.80. The van der Waals surface area contributed by atoms with Crippen molar-refractivity contribution in [3.63, 3.8) is 0 Å². The number of carbonyl (C=O) groups is 2. The number of piperidine rings is 1. The van der Waals surface area contributed by atoms with Gasteiger partial charge in [0.25, 0.3) is 0 Å². The van der Waals surface area contributed by atoms with Crippen molar-refractivity contribution in [3.05, 3.63) is 0 Å². The minimum absolute atomic E-state index is 0.0148. The largest absolute Gasteiger partial charge is 0.351 e. The third-order valence-corrected chi connectivity index (χ3v) is 3.38. The number of nitrogens with zero attached hydrogens (tertiary/aromatic N) is 1. The van der Waals surface area contributed by atoms with E-state index in [1.165, 1.54) is 0 Å². The minimum Gasteiger partial charge on any atom is -0.351 e. The SMILES string of the molecule is CC(C)C(=O)NC1CCCN(C(=O)C(C)CN)C1. The van der Waals surface area contributed by atoms with Crippen molar-refractivity contribution in [1.82, 2.24) is 10.2 Å². The summed E-state index contributed by atoms with van der Waals surface area (Å²) in [5.74, 6) is 0.00534. The van der Waals surface area contributed by atoms with Gasteiger partial charge in [0.05, 0.1) is 0 Å². The van der Waals surface area contributed by atoms with Gasteiger partial charge in [-0.15, -0.1) is 0 Å². The lowest BCUT2D eigenvalue weighted by atomic mass is 10.0. The van der Waals surface area contributed by atoms with Gasteiger partial charge < -0.3 is 16.0 Å². The second-order valence-corrected chi connectivity index (χ2v) is 5.42. The average molecular weight is 255 g/mol. The van der Waals surface area contributed by atoms with Crippen LogP contribution in [0.25, 0.3) is 0 Å². The summed E-state index contributed by atoms with van der Waals surface area (Å²) in [5.41, 5.74) is 5.52. The molecule has 0 aliphatic carbocycles. The molecule has 1 aliphatic rings. The summed E-state index contributed by atoms with van der Waals surface area (Å²) in [7, 11) is 0. The van der Waals surface area contributed by atoms with Crippen molar-refractivity contribution >= 4 is 11.8 Å². The number of hydrogen-bond donors (Lipinski definition) is 2. The molecule has 2 amide bonds. The number of amides is 2. The lowest BCUT2D eigenvalue weighted by Crippen LogP contribution is -2.52. The summed E-state index contributed by atoms with van der Waals surface area (Å²) in [6, 6.07) is 0.0857. The van der Waals surface area contributed by atoms with Crippen LogP contribution in [0.15, 0.2) is 0 Å². The van der Waals surface area contributed by atoms with Crippen LogP contribution >= 0.6 is 0 Å². The van der Waals surface area contributed by atoms with Gasteiger partial charge >= 0.3 is 0 Å². The topological polar surface area (TPSA) is 75.4 Å². The van der Waals surface area contributed by atoms with Crippen molar-refractivity contribution in [2.24, 2.45) is 17.6 Å². The van der Waals surface area contributed by atoms with Crippen molar-refractivity contribution in [1.29, 1.82) is 0 Å². The Balaban J connectivity index is 2.51. The van der Waals surface area contributed by atoms with Crippen LogP contribution in [0, 0.1) is 11.8 Å². The molecule has 0 saturated carbocycles. The molecule has 2 atom stereocenters. The fourth-order valence-electron chi connectivity index (χ4n) is 2.08. The molecule has 0 aromatic heterocycles. The average Bonchev–Trinajstić information content (AvgIpc) is 2.37. The van der Waals surface area contributed by atoms with Gasteiger partial charge in [-0.1, -0.05) is 20.8 Å². The van der Waals surface area contributed by atoms with Gasteiger partial charge in [-0.2, -0.15) is 0 Å². The standard InChI is InChI=1S/C13H25N3O2/c1-9(2)12(17)15-11-5-4-6-16(8-11)13(18)10(3)7-14/h9-11H,4-8,14H2,1-3H3,(H,15,17). The molecule has 18 heavy (non-hydrogen) atoms. The molecule has 1 rings (SSSR count). The molecule has 1 aliphatic heterocycles. The zero-order valence-corrected chi connectivity index (χ0v) is 11.6. The van der Waals surface area contributed by atoms with E-state index in [1.54, 1.807) is 0 Å². The van der Waals surface area contributed by atoms with Crippen molar-refractivity contribution in [2.75, 3.05) is 19.6 Å². The summed E-state index contributed by atoms with van der Waals surface area (Å²) in [6.45, 7) is 7.35. The Morgan fingerprint density at radius 2 is 2.06 bits per heavy atom. The Morgan fingerprint density at radius 3 is 2.61 bits per heavy atom. The van der Waals surface area contributed by atoms with Crippen LogP contribution < -0.4 is 11.1 Å². The molecule has 0 radical (unpaired) electrons. The van der Waals surface area contributed by atoms with E-state index >= 15 is 0 Å². The van der Waals surface area contributed by atoms with Gasteiger partial charge in [0.15, 0.2) is 0 Å². The quantitative estimate of drug-likeness (QED) is 0.761. The second-order valence-electron chi connectivity index (χ2n) is 5.42. The van der Waals surface area contributed by atoms with E-state index in [4.69, 9.17) is 5.73 Å². The maximum absolute atomic E-state index is 12.0. The van der Waals surface area contributed by atoms with E-state index in [2.05, 4.69) is 5.32 Å². The highest BCUT2D eigenvalue weighted by Gasteiger charge is 2.27. The van der Waals surface area contributed by atoms with Crippen LogP contribution in [0.3, 0.4) is 0 Å². The molecule has 104 valence electrons. The number of carbonyl (C=O) groups excluding carboxylic acids is 2. The fraction of sp³-hybridized carbons (Fsp3) is 0.846. The number of nitrogens with one attached hydrogen (secondary N) is 1. The van der Waals surface area contributed by atoms with Crippen LogP contribution in [0.4, 0.5) is 0 Å². The smallest absolute Gasteiger partial charge is 0.226 e. The highest BCUT2D eigenvalue weighted by Crippen LogP contribution is 2.13. The van der Waals surface area contributed by atoms with Crippen molar-refractivity contribution < 1.29 is 9.59 Å². The van der Waals surface area contributed by atoms with E-state index < -0.39 is 0 Å². The predicted octanol–water partition coefficient (Wildman–Crippen LogP) is 0.344. The first-order valence-electron chi connectivity index (χ1n) is 6.75. The molecule has 0 spiro atoms. The predicted molar refractivity (Wildman–Crippen MR) is 70.8 cm³/mol. The van der Waals surface area contributed by atoms with E-state index in [9.17, 15) is 9.59 Å². The van der Waals surface area contributed by atoms with Crippen molar-refractivity contribution in [3.8, 4) is 0 Å². The molecule has 1 heterocycles. The molecule has 3 N–H and O–H groups in total. The Morgan fingerprint density at radius 1 is 1.39 bits per heavy atom. The molecule has 0 aromatic carbocycles. The summed E-state index contributed by atoms with van der Waals surface area (Å²) in [5, 5.41) is 3.00. The molecule has 5 heteroatoms. The van der Waals surface area contributed by atoms with Gasteiger partial charge in [-0.3, -0.25) is 9.59 Å². The third kappa shape index (κ3) is 3.98. The van der Waals surface area contributed by atoms with Crippen LogP contribution in [0.5, 0.6) is 0 Å². The monoisotopic (exact) mass is 255 g/mol. The van der Waals surface area contributed by atoms with Crippen LogP contribution in [0.1, 0.15) is 33.6 Å². The van der Waals surface area contributed by atoms with Crippen molar-refractivity contribution in [2.45, 2.75) is 39.7 Å². The third-order valence-electron chi connectivity index (χ3n) is 3.38. The molecule has 0 bridgehead atoms. The minimum atomic E-state index is -0.135. The van der Waals surface area contributed by atoms with E-state index in [1.807, 2.05) is 25.7 Å². The molecular weight excluding hydrogens is 230 g/mol. The normalized spacial score (nSPS) is 21.8. The fourth-order valence-corrected chi connectivity index (χ4v) is 2.08. The Labute approximate surface area is 109 Å². The van der Waals surface area contributed by atoms with Crippen LogP contribution in [-0.4, -0.2) is 42.4 Å². The first-order valence-corrected chi connectivity index (χ1v) is 6.75. The lowest BCUT2D eigenvalue weighted by Gasteiger charge is -2.34. The Hall–Kier alpha value is -1.10. The molecule has 1 fully saturated rings. The van der Waals surface area contributed by atoms with Gasteiger partial charge in [-0.05, 0) is 12.8 Å². The van der Waals surface area contributed by atoms with E-state index in [-0.39, 0.29) is 29.7 Å². The molecular formula is C13H25N3O2. The van der Waals surface area contributed by atoms with Gasteiger partial charge in [-0.25, -0.2) is 0 Å². The molecule has 5 nitrogen and oxygen atoms in total. The lowest BCUT2D eigenvalue weighted by molar-refractivity contribution is -0.137. The second kappa shape index (κ2) is 6.73. The van der Waals surface area contributed by atoms with Crippen LogP contribution in [-0.2, 0) is 9.59 Å². The molecule has 1 saturated heterocycles. The first-order chi connectivity index (χ1) is 8.45. The number of likely N-dealkylation sites (tertiary alicyclic amines) is 1. The van der Waals surface area contributed by atoms with Gasteiger partial charge in [0, 0.05) is 37.5 Å². The van der Waals surface area contributed by atoms with Gasteiger partial charge in [0.1, 0.15) is 0 Å². The number of rotatable bonds is 4. The molecule has 2 unspecified atom stereocenters. The Kier molecular flexibility index (Phi) is 5.59. The van der Waals surface area contributed by atoms with Gasteiger partial charge in [0.2, 0.25) is 11.8 Å². The summed E-state index contributed by atoms with van der Waals surface area (Å²) >= 11 is 0. The van der Waals surface area contributed by atoms with E-state index in [0.29, 0.717) is 13.1 Å². The number of hydrogen-bond acceptors (Lipinski definition) is 3. The summed E-state index contributed by atoms with van der Waals surface area (Å²) in [6.07, 6.45) is 1.88. The highest BCUT2D eigenvalue weighted by atomic mass is 16.2. The summed E-state index contributed by atoms with van der Waals surface area (Å²) in [4.78, 5) is 25.5. The Bertz CT molecular complexity index is 305.